The van der Waals surface area contributed by atoms with Crippen LogP contribution >= 0.6 is 0 Å². The molecule has 1 saturated heterocycles. The quantitative estimate of drug-likeness (QED) is 0.546. The van der Waals surface area contributed by atoms with Gasteiger partial charge in [-0.05, 0) is 25.9 Å². The van der Waals surface area contributed by atoms with E-state index in [-0.39, 0.29) is 12.3 Å². The highest BCUT2D eigenvalue weighted by molar-refractivity contribution is 5.83. The van der Waals surface area contributed by atoms with Gasteiger partial charge in [-0.3, -0.25) is 4.79 Å². The molecule has 3 N–H and O–H groups in total. The topological polar surface area (TPSA) is 89.9 Å². The molecule has 0 saturated carbocycles. The Bertz CT molecular complexity index is 251. The Morgan fingerprint density at radius 3 is 2.44 bits per heavy atom. The van der Waals surface area contributed by atoms with Gasteiger partial charge in [-0.25, -0.2) is 4.79 Å². The number of aliphatic hydroxyl groups excluding tert-OH is 1. The maximum Gasteiger partial charge on any atom is 0.328 e. The first kappa shape index (κ1) is 12.9. The Kier molecular flexibility index (Phi) is 5.21. The SMILES string of the molecule is O=C(CCN1CCCC1)NC(CO)C(=O)O. The molecule has 1 aliphatic heterocycles. The van der Waals surface area contributed by atoms with Crippen molar-refractivity contribution in [2.45, 2.75) is 25.3 Å². The molecule has 6 heteroatoms. The van der Waals surface area contributed by atoms with Crippen molar-refractivity contribution in [3.8, 4) is 0 Å². The molecule has 1 heterocycles. The number of aliphatic carboxylic acids is 1. The number of likely N-dealkylation sites (tertiary alicyclic amines) is 1. The standard InChI is InChI=1S/C10H18N2O4/c13-7-8(10(15)16)11-9(14)3-6-12-4-1-2-5-12/h8,13H,1-7H2,(H,11,14)(H,15,16). The average molecular weight is 230 g/mol. The van der Waals surface area contributed by atoms with Gasteiger partial charge in [0.1, 0.15) is 6.04 Å². The van der Waals surface area contributed by atoms with Crippen LogP contribution in [-0.4, -0.2) is 59.3 Å². The molecule has 0 aromatic carbocycles. The molecule has 16 heavy (non-hydrogen) atoms. The van der Waals surface area contributed by atoms with Gasteiger partial charge in [0.15, 0.2) is 0 Å². The van der Waals surface area contributed by atoms with Crippen LogP contribution in [0.5, 0.6) is 0 Å². The number of carbonyl (C=O) groups is 2. The molecule has 92 valence electrons. The first-order valence-electron chi connectivity index (χ1n) is 5.49. The van der Waals surface area contributed by atoms with Crippen LogP contribution < -0.4 is 5.32 Å². The van der Waals surface area contributed by atoms with Crippen LogP contribution in [0.2, 0.25) is 0 Å². The number of rotatable bonds is 6. The summed E-state index contributed by atoms with van der Waals surface area (Å²) in [5.74, 6) is -1.54. The second-order valence-electron chi connectivity index (χ2n) is 3.94. The summed E-state index contributed by atoms with van der Waals surface area (Å²) in [6.45, 7) is 2.10. The Balaban J connectivity index is 2.21. The van der Waals surface area contributed by atoms with Crippen molar-refractivity contribution in [3.05, 3.63) is 0 Å². The summed E-state index contributed by atoms with van der Waals surface area (Å²) in [6, 6.07) is -1.19. The number of amides is 1. The Morgan fingerprint density at radius 1 is 1.31 bits per heavy atom. The van der Waals surface area contributed by atoms with Crippen LogP contribution in [0.15, 0.2) is 0 Å². The van der Waals surface area contributed by atoms with E-state index < -0.39 is 18.6 Å². The molecule has 1 rings (SSSR count). The summed E-state index contributed by atoms with van der Waals surface area (Å²) in [4.78, 5) is 24.1. The van der Waals surface area contributed by atoms with Crippen molar-refractivity contribution in [2.75, 3.05) is 26.2 Å². The van der Waals surface area contributed by atoms with Crippen molar-refractivity contribution in [1.82, 2.24) is 10.2 Å². The van der Waals surface area contributed by atoms with Gasteiger partial charge in [-0.2, -0.15) is 0 Å². The van der Waals surface area contributed by atoms with Crippen LogP contribution in [-0.2, 0) is 9.59 Å². The molecule has 1 aliphatic rings. The third kappa shape index (κ3) is 4.16. The molecule has 0 aliphatic carbocycles. The monoisotopic (exact) mass is 230 g/mol. The van der Waals surface area contributed by atoms with E-state index in [0.29, 0.717) is 6.54 Å². The lowest BCUT2D eigenvalue weighted by Crippen LogP contribution is -2.44. The third-order valence-electron chi connectivity index (χ3n) is 2.67. The van der Waals surface area contributed by atoms with Crippen LogP contribution in [0, 0.1) is 0 Å². The van der Waals surface area contributed by atoms with Gasteiger partial charge in [-0.15, -0.1) is 0 Å². The summed E-state index contributed by atoms with van der Waals surface area (Å²) < 4.78 is 0. The molecule has 1 unspecified atom stereocenters. The van der Waals surface area contributed by atoms with Crippen molar-refractivity contribution in [1.29, 1.82) is 0 Å². The normalized spacial score (nSPS) is 18.3. The molecule has 1 amide bonds. The number of carbonyl (C=O) groups excluding carboxylic acids is 1. The summed E-state index contributed by atoms with van der Waals surface area (Å²) in [5, 5.41) is 19.6. The number of hydrogen-bond donors (Lipinski definition) is 3. The molecule has 0 aromatic rings. The molecule has 0 spiro atoms. The fourth-order valence-electron chi connectivity index (χ4n) is 1.72. The summed E-state index contributed by atoms with van der Waals surface area (Å²) in [7, 11) is 0. The summed E-state index contributed by atoms with van der Waals surface area (Å²) in [5.41, 5.74) is 0. The molecular formula is C10H18N2O4. The van der Waals surface area contributed by atoms with Crippen LogP contribution in [0.25, 0.3) is 0 Å². The van der Waals surface area contributed by atoms with Crippen molar-refractivity contribution in [2.24, 2.45) is 0 Å². The predicted molar refractivity (Wildman–Crippen MR) is 56.9 cm³/mol. The smallest absolute Gasteiger partial charge is 0.328 e. The van der Waals surface area contributed by atoms with Crippen molar-refractivity contribution in [3.63, 3.8) is 0 Å². The first-order chi connectivity index (χ1) is 7.63. The van der Waals surface area contributed by atoms with Gasteiger partial charge in [0, 0.05) is 13.0 Å². The Labute approximate surface area is 94.2 Å². The van der Waals surface area contributed by atoms with Crippen LogP contribution in [0.1, 0.15) is 19.3 Å². The molecule has 0 radical (unpaired) electrons. The minimum Gasteiger partial charge on any atom is -0.480 e. The minimum absolute atomic E-state index is 0.282. The average Bonchev–Trinajstić information content (AvgIpc) is 2.75. The van der Waals surface area contributed by atoms with E-state index in [9.17, 15) is 9.59 Å². The van der Waals surface area contributed by atoms with E-state index in [1.807, 2.05) is 0 Å². The maximum absolute atomic E-state index is 11.4. The highest BCUT2D eigenvalue weighted by Crippen LogP contribution is 2.07. The highest BCUT2D eigenvalue weighted by atomic mass is 16.4. The number of carboxylic acid groups (broad SMARTS) is 1. The van der Waals surface area contributed by atoms with Crippen molar-refractivity contribution < 1.29 is 19.8 Å². The lowest BCUT2D eigenvalue weighted by Gasteiger charge is -2.15. The first-order valence-corrected chi connectivity index (χ1v) is 5.49. The van der Waals surface area contributed by atoms with E-state index >= 15 is 0 Å². The van der Waals surface area contributed by atoms with Gasteiger partial charge in [0.05, 0.1) is 6.61 Å². The number of nitrogens with zero attached hydrogens (tertiary/aromatic N) is 1. The molecule has 1 fully saturated rings. The van der Waals surface area contributed by atoms with E-state index in [1.54, 1.807) is 0 Å². The summed E-state index contributed by atoms with van der Waals surface area (Å²) >= 11 is 0. The van der Waals surface area contributed by atoms with Gasteiger partial charge < -0.3 is 20.4 Å². The number of carboxylic acids is 1. The molecule has 0 bridgehead atoms. The largest absolute Gasteiger partial charge is 0.480 e. The Hall–Kier alpha value is -1.14. The predicted octanol–water partition coefficient (Wildman–Crippen LogP) is -0.966. The third-order valence-corrected chi connectivity index (χ3v) is 2.67. The van der Waals surface area contributed by atoms with E-state index in [0.717, 1.165) is 25.9 Å². The van der Waals surface area contributed by atoms with E-state index in [1.165, 1.54) is 0 Å². The fraction of sp³-hybridized carbons (Fsp3) is 0.800. The van der Waals surface area contributed by atoms with Gasteiger partial charge >= 0.3 is 5.97 Å². The minimum atomic E-state index is -1.21. The zero-order chi connectivity index (χ0) is 12.0. The molecule has 1 atom stereocenters. The van der Waals surface area contributed by atoms with Gasteiger partial charge in [-0.1, -0.05) is 0 Å². The van der Waals surface area contributed by atoms with Gasteiger partial charge in [0.25, 0.3) is 0 Å². The molecule has 6 nitrogen and oxygen atoms in total. The lowest BCUT2D eigenvalue weighted by molar-refractivity contribution is -0.143. The number of hydrogen-bond acceptors (Lipinski definition) is 4. The van der Waals surface area contributed by atoms with E-state index in [4.69, 9.17) is 10.2 Å². The maximum atomic E-state index is 11.4. The fourth-order valence-corrected chi connectivity index (χ4v) is 1.72. The summed E-state index contributed by atoms with van der Waals surface area (Å²) in [6.07, 6.45) is 2.61. The lowest BCUT2D eigenvalue weighted by atomic mass is 10.3. The molecule has 0 aromatic heterocycles. The Morgan fingerprint density at radius 2 is 1.94 bits per heavy atom. The van der Waals surface area contributed by atoms with Crippen LogP contribution in [0.4, 0.5) is 0 Å². The number of aliphatic hydroxyl groups is 1. The zero-order valence-electron chi connectivity index (χ0n) is 9.19. The van der Waals surface area contributed by atoms with Gasteiger partial charge in [0.2, 0.25) is 5.91 Å². The second-order valence-corrected chi connectivity index (χ2v) is 3.94. The zero-order valence-corrected chi connectivity index (χ0v) is 9.19. The second kappa shape index (κ2) is 6.44. The highest BCUT2D eigenvalue weighted by Gasteiger charge is 2.19. The van der Waals surface area contributed by atoms with Crippen LogP contribution in [0.3, 0.4) is 0 Å². The molecular weight excluding hydrogens is 212 g/mol. The van der Waals surface area contributed by atoms with Crippen molar-refractivity contribution >= 4 is 11.9 Å². The number of nitrogens with one attached hydrogen (secondary N) is 1. The van der Waals surface area contributed by atoms with E-state index in [2.05, 4.69) is 10.2 Å².